The van der Waals surface area contributed by atoms with Gasteiger partial charge in [-0.1, -0.05) is 17.7 Å². The van der Waals surface area contributed by atoms with Crippen LogP contribution in [-0.2, 0) is 6.54 Å². The predicted molar refractivity (Wildman–Crippen MR) is 83.4 cm³/mol. The van der Waals surface area contributed by atoms with Crippen LogP contribution in [-0.4, -0.2) is 23.8 Å². The van der Waals surface area contributed by atoms with Gasteiger partial charge < -0.3 is 9.64 Å². The molecule has 0 radical (unpaired) electrons. The molecule has 0 fully saturated rings. The minimum atomic E-state index is -0.188. The molecule has 1 aliphatic rings. The molecule has 112 valence electrons. The molecule has 0 saturated carbocycles. The van der Waals surface area contributed by atoms with Crippen molar-refractivity contribution in [3.05, 3.63) is 63.7 Å². The van der Waals surface area contributed by atoms with E-state index in [9.17, 15) is 9.59 Å². The molecule has 22 heavy (non-hydrogen) atoms. The Kier molecular flexibility index (Phi) is 3.86. The van der Waals surface area contributed by atoms with Gasteiger partial charge >= 0.3 is 0 Å². The Morgan fingerprint density at radius 3 is 2.82 bits per heavy atom. The molecule has 0 saturated heterocycles. The fraction of sp³-hybridized carbons (Fsp3) is 0.176. The second kappa shape index (κ2) is 5.81. The zero-order valence-corrected chi connectivity index (χ0v) is 12.8. The Balaban J connectivity index is 1.87. The number of rotatable bonds is 2. The van der Waals surface area contributed by atoms with Crippen molar-refractivity contribution >= 4 is 23.8 Å². The molecule has 5 heteroatoms. The summed E-state index contributed by atoms with van der Waals surface area (Å²) < 4.78 is 5.59. The molecule has 0 N–H and O–H groups in total. The number of nitrogens with zero attached hydrogens (tertiary/aromatic N) is 1. The van der Waals surface area contributed by atoms with Gasteiger partial charge in [-0.3, -0.25) is 9.59 Å². The van der Waals surface area contributed by atoms with Crippen LogP contribution >= 0.6 is 11.6 Å². The Hall–Kier alpha value is -2.33. The highest BCUT2D eigenvalue weighted by atomic mass is 35.5. The standard InChI is InChI=1S/C17H14ClNO3/c1-11-2-4-14(15(18)6-11)17(21)19-8-13-7-12(9-20)3-5-16(13)22-10-19/h2-7,9H,8,10H2,1H3. The van der Waals surface area contributed by atoms with Gasteiger partial charge in [0, 0.05) is 11.1 Å². The summed E-state index contributed by atoms with van der Waals surface area (Å²) in [5.74, 6) is 0.511. The molecule has 1 aliphatic heterocycles. The Morgan fingerprint density at radius 2 is 2.09 bits per heavy atom. The van der Waals surface area contributed by atoms with Crippen LogP contribution in [0.4, 0.5) is 0 Å². The summed E-state index contributed by atoms with van der Waals surface area (Å²) in [6, 6.07) is 10.5. The van der Waals surface area contributed by atoms with Crippen LogP contribution < -0.4 is 4.74 Å². The first-order valence-electron chi connectivity index (χ1n) is 6.85. The molecule has 0 atom stereocenters. The van der Waals surface area contributed by atoms with E-state index in [1.807, 2.05) is 13.0 Å². The van der Waals surface area contributed by atoms with Crippen LogP contribution in [0.1, 0.15) is 31.8 Å². The van der Waals surface area contributed by atoms with Gasteiger partial charge in [-0.15, -0.1) is 0 Å². The number of ether oxygens (including phenoxy) is 1. The summed E-state index contributed by atoms with van der Waals surface area (Å²) >= 11 is 6.16. The topological polar surface area (TPSA) is 46.6 Å². The molecular formula is C17H14ClNO3. The molecule has 3 rings (SSSR count). The lowest BCUT2D eigenvalue weighted by atomic mass is 10.1. The third-order valence-electron chi connectivity index (χ3n) is 3.60. The molecule has 4 nitrogen and oxygen atoms in total. The van der Waals surface area contributed by atoms with Crippen molar-refractivity contribution in [1.29, 1.82) is 0 Å². The van der Waals surface area contributed by atoms with Gasteiger partial charge in [0.15, 0.2) is 6.73 Å². The number of amides is 1. The molecule has 1 heterocycles. The van der Waals surface area contributed by atoms with Gasteiger partial charge in [-0.25, -0.2) is 0 Å². The number of hydrogen-bond donors (Lipinski definition) is 0. The lowest BCUT2D eigenvalue weighted by Crippen LogP contribution is -2.37. The first-order chi connectivity index (χ1) is 10.6. The highest BCUT2D eigenvalue weighted by molar-refractivity contribution is 6.33. The second-order valence-corrected chi connectivity index (χ2v) is 5.65. The number of hydrogen-bond acceptors (Lipinski definition) is 3. The maximum absolute atomic E-state index is 12.6. The maximum Gasteiger partial charge on any atom is 0.258 e. The molecule has 1 amide bonds. The van der Waals surface area contributed by atoms with E-state index in [4.69, 9.17) is 16.3 Å². The smallest absolute Gasteiger partial charge is 0.258 e. The highest BCUT2D eigenvalue weighted by Gasteiger charge is 2.24. The van der Waals surface area contributed by atoms with Crippen molar-refractivity contribution in [1.82, 2.24) is 4.90 Å². The van der Waals surface area contributed by atoms with Crippen LogP contribution in [0.15, 0.2) is 36.4 Å². The zero-order chi connectivity index (χ0) is 15.7. The van der Waals surface area contributed by atoms with Crippen molar-refractivity contribution < 1.29 is 14.3 Å². The SMILES string of the molecule is Cc1ccc(C(=O)N2COc3ccc(C=O)cc3C2)c(Cl)c1. The number of aldehydes is 1. The van der Waals surface area contributed by atoms with E-state index >= 15 is 0 Å². The number of halogens is 1. The summed E-state index contributed by atoms with van der Waals surface area (Å²) in [7, 11) is 0. The van der Waals surface area contributed by atoms with Crippen LogP contribution in [0.5, 0.6) is 5.75 Å². The fourth-order valence-electron chi connectivity index (χ4n) is 2.43. The molecule has 0 aliphatic carbocycles. The maximum atomic E-state index is 12.6. The quantitative estimate of drug-likeness (QED) is 0.797. The van der Waals surface area contributed by atoms with Crippen molar-refractivity contribution in [2.45, 2.75) is 13.5 Å². The highest BCUT2D eigenvalue weighted by Crippen LogP contribution is 2.28. The van der Waals surface area contributed by atoms with Crippen molar-refractivity contribution in [2.24, 2.45) is 0 Å². The van der Waals surface area contributed by atoms with E-state index in [1.165, 1.54) is 0 Å². The Bertz CT molecular complexity index is 758. The van der Waals surface area contributed by atoms with E-state index in [0.29, 0.717) is 28.4 Å². The molecule has 0 aromatic heterocycles. The number of carbonyl (C=O) groups is 2. The minimum Gasteiger partial charge on any atom is -0.473 e. The number of benzene rings is 2. The van der Waals surface area contributed by atoms with E-state index in [1.54, 1.807) is 35.2 Å². The lowest BCUT2D eigenvalue weighted by Gasteiger charge is -2.29. The van der Waals surface area contributed by atoms with E-state index < -0.39 is 0 Å². The van der Waals surface area contributed by atoms with Gasteiger partial charge in [0.2, 0.25) is 0 Å². The van der Waals surface area contributed by atoms with Crippen molar-refractivity contribution in [2.75, 3.05) is 6.73 Å². The van der Waals surface area contributed by atoms with Crippen molar-refractivity contribution in [3.8, 4) is 5.75 Å². The Labute approximate surface area is 133 Å². The van der Waals surface area contributed by atoms with Gasteiger partial charge in [-0.05, 0) is 42.8 Å². The van der Waals surface area contributed by atoms with E-state index in [2.05, 4.69) is 0 Å². The minimum absolute atomic E-state index is 0.163. The van der Waals surface area contributed by atoms with Crippen LogP contribution in [0.2, 0.25) is 5.02 Å². The van der Waals surface area contributed by atoms with Gasteiger partial charge in [0.25, 0.3) is 5.91 Å². The molecule has 2 aromatic carbocycles. The predicted octanol–water partition coefficient (Wildman–Crippen LogP) is 3.45. The third kappa shape index (κ3) is 2.70. The summed E-state index contributed by atoms with van der Waals surface area (Å²) in [6.07, 6.45) is 0.776. The first kappa shape index (κ1) is 14.6. The van der Waals surface area contributed by atoms with Crippen LogP contribution in [0.25, 0.3) is 0 Å². The number of carbonyl (C=O) groups excluding carboxylic acids is 2. The first-order valence-corrected chi connectivity index (χ1v) is 7.22. The summed E-state index contributed by atoms with van der Waals surface area (Å²) in [5, 5.41) is 0.428. The molecule has 0 bridgehead atoms. The molecule has 0 unspecified atom stereocenters. The van der Waals surface area contributed by atoms with Crippen molar-refractivity contribution in [3.63, 3.8) is 0 Å². The number of aryl methyl sites for hydroxylation is 1. The normalized spacial score (nSPS) is 13.3. The largest absolute Gasteiger partial charge is 0.473 e. The van der Waals surface area contributed by atoms with Gasteiger partial charge in [0.05, 0.1) is 17.1 Å². The average Bonchev–Trinajstić information content (AvgIpc) is 2.53. The third-order valence-corrected chi connectivity index (χ3v) is 3.91. The van der Waals surface area contributed by atoms with E-state index in [-0.39, 0.29) is 12.6 Å². The fourth-order valence-corrected chi connectivity index (χ4v) is 2.75. The average molecular weight is 316 g/mol. The number of fused-ring (bicyclic) bond motifs is 1. The van der Waals surface area contributed by atoms with Gasteiger partial charge in [-0.2, -0.15) is 0 Å². The molecule has 0 spiro atoms. The lowest BCUT2D eigenvalue weighted by molar-refractivity contribution is 0.0514. The second-order valence-electron chi connectivity index (χ2n) is 5.24. The molecule has 2 aromatic rings. The van der Waals surface area contributed by atoms with E-state index in [0.717, 1.165) is 17.4 Å². The van der Waals surface area contributed by atoms with Gasteiger partial charge in [0.1, 0.15) is 12.0 Å². The summed E-state index contributed by atoms with van der Waals surface area (Å²) in [4.78, 5) is 25.0. The zero-order valence-electron chi connectivity index (χ0n) is 12.0. The summed E-state index contributed by atoms with van der Waals surface area (Å²) in [5.41, 5.74) is 2.82. The van der Waals surface area contributed by atoms with Crippen LogP contribution in [0, 0.1) is 6.92 Å². The molecular weight excluding hydrogens is 302 g/mol. The van der Waals surface area contributed by atoms with Crippen LogP contribution in [0.3, 0.4) is 0 Å². The summed E-state index contributed by atoms with van der Waals surface area (Å²) in [6.45, 7) is 2.47. The Morgan fingerprint density at radius 1 is 1.27 bits per heavy atom. The monoisotopic (exact) mass is 315 g/mol.